The van der Waals surface area contributed by atoms with Gasteiger partial charge in [-0.2, -0.15) is 26.3 Å². The number of hydrogen-bond donors (Lipinski definition) is 1. The van der Waals surface area contributed by atoms with E-state index in [0.29, 0.717) is 23.6 Å². The lowest BCUT2D eigenvalue weighted by Gasteiger charge is -2.32. The Morgan fingerprint density at radius 3 is 2.16 bits per heavy atom. The van der Waals surface area contributed by atoms with Gasteiger partial charge in [-0.3, -0.25) is 9.59 Å². The van der Waals surface area contributed by atoms with E-state index < -0.39 is 40.9 Å². The van der Waals surface area contributed by atoms with E-state index in [0.717, 1.165) is 6.07 Å². The number of carbonyl (C=O) groups is 2. The first kappa shape index (κ1) is 23.9. The summed E-state index contributed by atoms with van der Waals surface area (Å²) in [4.78, 5) is 26.5. The van der Waals surface area contributed by atoms with E-state index in [1.807, 2.05) is 0 Å². The van der Waals surface area contributed by atoms with Crippen LogP contribution in [-0.2, 0) is 17.1 Å². The molecule has 2 aromatic carbocycles. The van der Waals surface area contributed by atoms with Crippen molar-refractivity contribution < 1.29 is 35.9 Å². The van der Waals surface area contributed by atoms with E-state index in [9.17, 15) is 35.9 Å². The average molecular weight is 479 g/mol. The lowest BCUT2D eigenvalue weighted by Crippen LogP contribution is -2.43. The quantitative estimate of drug-likeness (QED) is 0.561. The van der Waals surface area contributed by atoms with Crippen LogP contribution >= 0.6 is 11.6 Å². The molecule has 1 fully saturated rings. The Labute approximate surface area is 184 Å². The second-order valence-electron chi connectivity index (χ2n) is 7.34. The van der Waals surface area contributed by atoms with E-state index in [4.69, 9.17) is 11.6 Å². The summed E-state index contributed by atoms with van der Waals surface area (Å²) in [5.74, 6) is -1.87. The highest BCUT2D eigenvalue weighted by Crippen LogP contribution is 2.40. The van der Waals surface area contributed by atoms with Gasteiger partial charge in [-0.15, -0.1) is 0 Å². The number of carbonyl (C=O) groups excluding carboxylic acids is 2. The van der Waals surface area contributed by atoms with Gasteiger partial charge < -0.3 is 10.2 Å². The molecule has 1 N–H and O–H groups in total. The van der Waals surface area contributed by atoms with Gasteiger partial charge in [0.05, 0.1) is 17.0 Å². The van der Waals surface area contributed by atoms with Crippen molar-refractivity contribution >= 4 is 29.1 Å². The van der Waals surface area contributed by atoms with Crippen LogP contribution in [0, 0.1) is 5.92 Å². The average Bonchev–Trinajstić information content (AvgIpc) is 2.73. The van der Waals surface area contributed by atoms with Gasteiger partial charge in [-0.1, -0.05) is 11.6 Å². The van der Waals surface area contributed by atoms with Crippen LogP contribution < -0.4 is 5.32 Å². The van der Waals surface area contributed by atoms with E-state index in [1.54, 1.807) is 24.3 Å². The molecule has 0 saturated carbocycles. The van der Waals surface area contributed by atoms with Crippen molar-refractivity contribution in [1.29, 1.82) is 0 Å². The predicted octanol–water partition coefficient (Wildman–Crippen LogP) is 5.87. The summed E-state index contributed by atoms with van der Waals surface area (Å²) in [5, 5.41) is 3.16. The first-order chi connectivity index (χ1) is 14.9. The van der Waals surface area contributed by atoms with Crippen molar-refractivity contribution in [3.05, 3.63) is 64.2 Å². The van der Waals surface area contributed by atoms with E-state index >= 15 is 0 Å². The fraction of sp³-hybridized carbons (Fsp3) is 0.333. The molecule has 2 amide bonds. The molecule has 2 aromatic rings. The molecule has 1 saturated heterocycles. The Morgan fingerprint density at radius 1 is 0.938 bits per heavy atom. The number of piperidine rings is 1. The number of nitrogens with zero attached hydrogens (tertiary/aromatic N) is 1. The minimum Gasteiger partial charge on any atom is -0.338 e. The Kier molecular flexibility index (Phi) is 6.73. The van der Waals surface area contributed by atoms with Crippen LogP contribution in [0.5, 0.6) is 0 Å². The van der Waals surface area contributed by atoms with Crippen molar-refractivity contribution in [2.75, 3.05) is 18.4 Å². The molecular formula is C21H17ClF6N2O2. The van der Waals surface area contributed by atoms with Crippen molar-refractivity contribution in [3.8, 4) is 0 Å². The van der Waals surface area contributed by atoms with Crippen molar-refractivity contribution in [1.82, 2.24) is 4.90 Å². The molecule has 0 bridgehead atoms. The molecule has 0 spiro atoms. The zero-order chi connectivity index (χ0) is 23.7. The van der Waals surface area contributed by atoms with Crippen LogP contribution in [0.2, 0.25) is 5.02 Å². The molecular weight excluding hydrogens is 462 g/mol. The standard InChI is InChI=1S/C21H17ClF6N2O2/c22-14-4-6-15(7-5-14)29-18(31)13-2-1-9-30(11-13)19(32)12-3-8-16(20(23,24)25)17(10-12)21(26,27)28/h3-8,10,13H,1-2,9,11H2,(H,29,31). The van der Waals surface area contributed by atoms with Gasteiger partial charge >= 0.3 is 12.4 Å². The molecule has 1 heterocycles. The van der Waals surface area contributed by atoms with E-state index in [-0.39, 0.29) is 31.1 Å². The van der Waals surface area contributed by atoms with E-state index in [1.165, 1.54) is 4.90 Å². The molecule has 172 valence electrons. The summed E-state index contributed by atoms with van der Waals surface area (Å²) in [6.45, 7) is 0.104. The number of rotatable bonds is 3. The smallest absolute Gasteiger partial charge is 0.338 e. The Morgan fingerprint density at radius 2 is 1.56 bits per heavy atom. The van der Waals surface area contributed by atoms with Gasteiger partial charge in [-0.25, -0.2) is 0 Å². The molecule has 1 aliphatic heterocycles. The monoisotopic (exact) mass is 478 g/mol. The fourth-order valence-corrected chi connectivity index (χ4v) is 3.62. The summed E-state index contributed by atoms with van der Waals surface area (Å²) >= 11 is 5.79. The zero-order valence-corrected chi connectivity index (χ0v) is 17.1. The van der Waals surface area contributed by atoms with Crippen LogP contribution in [0.1, 0.15) is 34.3 Å². The predicted molar refractivity (Wildman–Crippen MR) is 105 cm³/mol. The van der Waals surface area contributed by atoms with Gasteiger partial charge in [0.1, 0.15) is 0 Å². The van der Waals surface area contributed by atoms with Crippen molar-refractivity contribution in [2.24, 2.45) is 5.92 Å². The second kappa shape index (κ2) is 9.01. The maximum absolute atomic E-state index is 13.2. The Bertz CT molecular complexity index is 1000. The highest BCUT2D eigenvalue weighted by molar-refractivity contribution is 6.30. The lowest BCUT2D eigenvalue weighted by atomic mass is 9.95. The second-order valence-corrected chi connectivity index (χ2v) is 7.78. The van der Waals surface area contributed by atoms with Crippen LogP contribution in [-0.4, -0.2) is 29.8 Å². The maximum atomic E-state index is 13.2. The number of halogens is 7. The van der Waals surface area contributed by atoms with Gasteiger partial charge in [0.2, 0.25) is 5.91 Å². The first-order valence-corrected chi connectivity index (χ1v) is 9.88. The number of hydrogen-bond acceptors (Lipinski definition) is 2. The molecule has 32 heavy (non-hydrogen) atoms. The molecule has 1 aliphatic rings. The highest BCUT2D eigenvalue weighted by atomic mass is 35.5. The van der Waals surface area contributed by atoms with Crippen molar-refractivity contribution in [2.45, 2.75) is 25.2 Å². The molecule has 1 atom stereocenters. The third kappa shape index (κ3) is 5.53. The summed E-state index contributed by atoms with van der Waals surface area (Å²) in [6, 6.07) is 7.53. The maximum Gasteiger partial charge on any atom is 0.417 e. The van der Waals surface area contributed by atoms with E-state index in [2.05, 4.69) is 5.32 Å². The van der Waals surface area contributed by atoms with Gasteiger partial charge in [0.25, 0.3) is 5.91 Å². The number of anilines is 1. The number of likely N-dealkylation sites (tertiary alicyclic amines) is 1. The number of benzene rings is 2. The summed E-state index contributed by atoms with van der Waals surface area (Å²) < 4.78 is 78.4. The third-order valence-corrected chi connectivity index (χ3v) is 5.32. The molecule has 1 unspecified atom stereocenters. The summed E-state index contributed by atoms with van der Waals surface area (Å²) in [5.41, 5.74) is -3.82. The van der Waals surface area contributed by atoms with Crippen LogP contribution in [0.3, 0.4) is 0 Å². The zero-order valence-electron chi connectivity index (χ0n) is 16.4. The number of amides is 2. The number of alkyl halides is 6. The normalized spacial score (nSPS) is 17.2. The Balaban J connectivity index is 1.77. The fourth-order valence-electron chi connectivity index (χ4n) is 3.49. The van der Waals surface area contributed by atoms with Crippen LogP contribution in [0.4, 0.5) is 32.0 Å². The minimum atomic E-state index is -5.29. The highest BCUT2D eigenvalue weighted by Gasteiger charge is 2.43. The minimum absolute atomic E-state index is 0.0688. The molecule has 0 radical (unpaired) electrons. The Hall–Kier alpha value is -2.75. The molecule has 11 heteroatoms. The van der Waals surface area contributed by atoms with Gasteiger partial charge in [0, 0.05) is 29.4 Å². The molecule has 3 rings (SSSR count). The topological polar surface area (TPSA) is 49.4 Å². The third-order valence-electron chi connectivity index (χ3n) is 5.07. The summed E-state index contributed by atoms with van der Waals surface area (Å²) in [6.07, 6.45) is -9.65. The largest absolute Gasteiger partial charge is 0.417 e. The van der Waals surface area contributed by atoms with Crippen molar-refractivity contribution in [3.63, 3.8) is 0 Å². The SMILES string of the molecule is O=C(Nc1ccc(Cl)cc1)C1CCCN(C(=O)c2ccc(C(F)(F)F)c(C(F)(F)F)c2)C1. The molecule has 4 nitrogen and oxygen atoms in total. The molecule has 0 aliphatic carbocycles. The summed E-state index contributed by atoms with van der Waals surface area (Å²) in [7, 11) is 0. The number of nitrogens with one attached hydrogen (secondary N) is 1. The van der Waals surface area contributed by atoms with Gasteiger partial charge in [-0.05, 0) is 55.3 Å². The molecule has 0 aromatic heterocycles. The first-order valence-electron chi connectivity index (χ1n) is 9.50. The van der Waals surface area contributed by atoms with Gasteiger partial charge in [0.15, 0.2) is 0 Å². The lowest BCUT2D eigenvalue weighted by molar-refractivity contribution is -0.162. The van der Waals surface area contributed by atoms with Crippen LogP contribution in [0.15, 0.2) is 42.5 Å². The van der Waals surface area contributed by atoms with Crippen LogP contribution in [0.25, 0.3) is 0 Å².